The van der Waals surface area contributed by atoms with Crippen LogP contribution in [0, 0.1) is 5.82 Å². The number of aromatic nitrogens is 3. The first-order chi connectivity index (χ1) is 7.70. The van der Waals surface area contributed by atoms with Crippen LogP contribution in [0.25, 0.3) is 5.69 Å². The van der Waals surface area contributed by atoms with Gasteiger partial charge in [-0.3, -0.25) is 10.2 Å². The summed E-state index contributed by atoms with van der Waals surface area (Å²) in [5, 5.41) is 7.27. The van der Waals surface area contributed by atoms with E-state index >= 15 is 0 Å². The Morgan fingerprint density at radius 2 is 2.31 bits per heavy atom. The quantitative estimate of drug-likeness (QED) is 0.425. The lowest BCUT2D eigenvalue weighted by atomic mass is 10.3. The van der Waals surface area contributed by atoms with Crippen LogP contribution >= 0.6 is 0 Å². The van der Waals surface area contributed by atoms with Gasteiger partial charge in [-0.1, -0.05) is 11.3 Å². The van der Waals surface area contributed by atoms with E-state index < -0.39 is 11.7 Å². The van der Waals surface area contributed by atoms with Gasteiger partial charge >= 0.3 is 0 Å². The van der Waals surface area contributed by atoms with Crippen molar-refractivity contribution in [3.63, 3.8) is 0 Å². The Kier molecular flexibility index (Phi) is 2.61. The summed E-state index contributed by atoms with van der Waals surface area (Å²) in [6.07, 6.45) is 1.36. The van der Waals surface area contributed by atoms with Crippen molar-refractivity contribution < 1.29 is 9.18 Å². The molecule has 1 aromatic carbocycles. The van der Waals surface area contributed by atoms with Gasteiger partial charge in [-0.2, -0.15) is 0 Å². The fraction of sp³-hybridized carbons (Fsp3) is 0. The van der Waals surface area contributed by atoms with Gasteiger partial charge in [-0.05, 0) is 18.2 Å². The molecule has 2 rings (SSSR count). The zero-order valence-electron chi connectivity index (χ0n) is 8.09. The first kappa shape index (κ1) is 10.2. The number of hydrogen-bond acceptors (Lipinski definition) is 4. The molecule has 0 atom stereocenters. The Balaban J connectivity index is 2.35. The number of nitrogens with zero attached hydrogens (tertiary/aromatic N) is 3. The van der Waals surface area contributed by atoms with Crippen LogP contribution in [0.3, 0.4) is 0 Å². The third kappa shape index (κ3) is 1.89. The average molecular weight is 221 g/mol. The first-order valence-corrected chi connectivity index (χ1v) is 4.40. The van der Waals surface area contributed by atoms with E-state index in [1.54, 1.807) is 6.07 Å². The molecule has 0 radical (unpaired) electrons. The molecule has 6 nitrogen and oxygen atoms in total. The minimum Gasteiger partial charge on any atom is -0.289 e. The van der Waals surface area contributed by atoms with Crippen molar-refractivity contribution >= 4 is 5.91 Å². The Morgan fingerprint density at radius 3 is 3.00 bits per heavy atom. The van der Waals surface area contributed by atoms with Gasteiger partial charge in [0.2, 0.25) is 0 Å². The maximum Gasteiger partial charge on any atom is 0.287 e. The number of nitrogen functional groups attached to an aromatic ring is 1. The molecule has 16 heavy (non-hydrogen) atoms. The molecule has 1 aromatic heterocycles. The Bertz CT molecular complexity index is 524. The number of rotatable bonds is 2. The van der Waals surface area contributed by atoms with Crippen molar-refractivity contribution in [2.45, 2.75) is 0 Å². The lowest BCUT2D eigenvalue weighted by molar-refractivity contribution is 0.0948. The highest BCUT2D eigenvalue weighted by Gasteiger charge is 2.09. The molecule has 82 valence electrons. The highest BCUT2D eigenvalue weighted by molar-refractivity contribution is 5.91. The molecule has 0 saturated carbocycles. The molecular formula is C9H8FN5O. The van der Waals surface area contributed by atoms with E-state index in [-0.39, 0.29) is 5.69 Å². The van der Waals surface area contributed by atoms with Crippen molar-refractivity contribution in [1.29, 1.82) is 0 Å². The van der Waals surface area contributed by atoms with E-state index in [9.17, 15) is 9.18 Å². The third-order valence-corrected chi connectivity index (χ3v) is 1.93. The maximum absolute atomic E-state index is 12.9. The number of carbonyl (C=O) groups is 1. The van der Waals surface area contributed by atoms with Gasteiger partial charge in [-0.15, -0.1) is 5.10 Å². The molecule has 0 aliphatic heterocycles. The van der Waals surface area contributed by atoms with E-state index in [1.807, 2.05) is 5.43 Å². The molecule has 0 bridgehead atoms. The van der Waals surface area contributed by atoms with E-state index in [0.717, 1.165) is 0 Å². The third-order valence-electron chi connectivity index (χ3n) is 1.93. The molecule has 2 aromatic rings. The number of carbonyl (C=O) groups excluding carboxylic acids is 1. The van der Waals surface area contributed by atoms with Gasteiger partial charge < -0.3 is 0 Å². The summed E-state index contributed by atoms with van der Waals surface area (Å²) in [7, 11) is 0. The number of benzene rings is 1. The van der Waals surface area contributed by atoms with Crippen molar-refractivity contribution in [1.82, 2.24) is 20.4 Å². The number of nitrogens with one attached hydrogen (secondary N) is 1. The topological polar surface area (TPSA) is 85.8 Å². The summed E-state index contributed by atoms with van der Waals surface area (Å²) >= 11 is 0. The smallest absolute Gasteiger partial charge is 0.287 e. The minimum atomic E-state index is -0.553. The van der Waals surface area contributed by atoms with E-state index in [4.69, 9.17) is 5.84 Å². The van der Waals surface area contributed by atoms with Crippen LogP contribution in [0.4, 0.5) is 4.39 Å². The first-order valence-electron chi connectivity index (χ1n) is 4.40. The van der Waals surface area contributed by atoms with Crippen LogP contribution < -0.4 is 11.3 Å². The molecular weight excluding hydrogens is 213 g/mol. The summed E-state index contributed by atoms with van der Waals surface area (Å²) in [5.41, 5.74) is 2.47. The maximum atomic E-state index is 12.9. The number of amides is 1. The molecule has 1 heterocycles. The second kappa shape index (κ2) is 4.07. The summed E-state index contributed by atoms with van der Waals surface area (Å²) in [5.74, 6) is 4.00. The van der Waals surface area contributed by atoms with E-state index in [1.165, 1.54) is 29.1 Å². The second-order valence-electron chi connectivity index (χ2n) is 3.00. The Hall–Kier alpha value is -2.28. The summed E-state index contributed by atoms with van der Waals surface area (Å²) in [6.45, 7) is 0. The highest BCUT2D eigenvalue weighted by Crippen LogP contribution is 2.08. The number of hydrazine groups is 1. The molecule has 0 aliphatic rings. The van der Waals surface area contributed by atoms with Gasteiger partial charge in [0.1, 0.15) is 5.82 Å². The van der Waals surface area contributed by atoms with Gasteiger partial charge in [0.05, 0.1) is 11.9 Å². The van der Waals surface area contributed by atoms with Crippen molar-refractivity contribution in [3.8, 4) is 5.69 Å². The zero-order valence-corrected chi connectivity index (χ0v) is 8.09. The predicted molar refractivity (Wildman–Crippen MR) is 53.0 cm³/mol. The lowest BCUT2D eigenvalue weighted by Crippen LogP contribution is -2.30. The van der Waals surface area contributed by atoms with Crippen molar-refractivity contribution in [3.05, 3.63) is 42.0 Å². The van der Waals surface area contributed by atoms with E-state index in [2.05, 4.69) is 10.3 Å². The van der Waals surface area contributed by atoms with Crippen LogP contribution in [-0.4, -0.2) is 20.9 Å². The monoisotopic (exact) mass is 221 g/mol. The van der Waals surface area contributed by atoms with Gasteiger partial charge in [0, 0.05) is 0 Å². The normalized spacial score (nSPS) is 10.1. The van der Waals surface area contributed by atoms with Gasteiger partial charge in [0.15, 0.2) is 5.69 Å². The molecule has 0 aliphatic carbocycles. The Morgan fingerprint density at radius 1 is 1.50 bits per heavy atom. The second-order valence-corrected chi connectivity index (χ2v) is 3.00. The number of halogens is 1. The van der Waals surface area contributed by atoms with Crippen LogP contribution in [0.2, 0.25) is 0 Å². The molecule has 0 spiro atoms. The summed E-state index contributed by atoms with van der Waals surface area (Å²) < 4.78 is 14.2. The van der Waals surface area contributed by atoms with Gasteiger partial charge in [-0.25, -0.2) is 14.9 Å². The summed E-state index contributed by atoms with van der Waals surface area (Å²) in [6, 6.07) is 5.77. The van der Waals surface area contributed by atoms with Crippen LogP contribution in [0.5, 0.6) is 0 Å². The SMILES string of the molecule is NNC(=O)c1cn(-c2cccc(F)c2)nn1. The standard InChI is InChI=1S/C9H8FN5O/c10-6-2-1-3-7(4-6)15-5-8(13-14-15)9(16)12-11/h1-5H,11H2,(H,12,16). The predicted octanol–water partition coefficient (Wildman–Crippen LogP) is 0.00990. The highest BCUT2D eigenvalue weighted by atomic mass is 19.1. The molecule has 3 N–H and O–H groups in total. The lowest BCUT2D eigenvalue weighted by Gasteiger charge is -1.98. The minimum absolute atomic E-state index is 0.0618. The van der Waals surface area contributed by atoms with Crippen LogP contribution in [-0.2, 0) is 0 Å². The van der Waals surface area contributed by atoms with Gasteiger partial charge in [0.25, 0.3) is 5.91 Å². The number of nitrogens with two attached hydrogens (primary N) is 1. The van der Waals surface area contributed by atoms with Crippen LogP contribution in [0.15, 0.2) is 30.5 Å². The van der Waals surface area contributed by atoms with E-state index in [0.29, 0.717) is 5.69 Å². The summed E-state index contributed by atoms with van der Waals surface area (Å²) in [4.78, 5) is 11.1. The largest absolute Gasteiger partial charge is 0.289 e. The van der Waals surface area contributed by atoms with Crippen LogP contribution in [0.1, 0.15) is 10.5 Å². The fourth-order valence-electron chi connectivity index (χ4n) is 1.19. The van der Waals surface area contributed by atoms with Crippen molar-refractivity contribution in [2.24, 2.45) is 5.84 Å². The fourth-order valence-corrected chi connectivity index (χ4v) is 1.19. The average Bonchev–Trinajstić information content (AvgIpc) is 2.77. The molecule has 0 saturated heterocycles. The number of hydrogen-bond donors (Lipinski definition) is 2. The molecule has 0 unspecified atom stereocenters. The zero-order chi connectivity index (χ0) is 11.5. The van der Waals surface area contributed by atoms with Crippen molar-refractivity contribution in [2.75, 3.05) is 0 Å². The molecule has 7 heteroatoms. The Labute approximate surface area is 89.8 Å². The molecule has 0 fully saturated rings. The molecule has 1 amide bonds.